The Kier molecular flexibility index (Phi) is 2.87. The Morgan fingerprint density at radius 2 is 2.31 bits per heavy atom. The highest BCUT2D eigenvalue weighted by Crippen LogP contribution is 2.15. The third kappa shape index (κ3) is 1.77. The summed E-state index contributed by atoms with van der Waals surface area (Å²) in [6, 6.07) is 5.27. The number of methoxy groups -OCH3 is 1. The van der Waals surface area contributed by atoms with Crippen molar-refractivity contribution in [2.75, 3.05) is 14.2 Å². The van der Waals surface area contributed by atoms with Gasteiger partial charge in [-0.15, -0.1) is 0 Å². The van der Waals surface area contributed by atoms with Crippen LogP contribution in [-0.2, 0) is 6.67 Å². The number of benzene rings is 1. The molecule has 0 saturated heterocycles. The predicted octanol–water partition coefficient (Wildman–Crippen LogP) is 0.582. The Morgan fingerprint density at radius 1 is 1.50 bits per heavy atom. The van der Waals surface area contributed by atoms with Crippen LogP contribution in [0, 0.1) is 0 Å². The zero-order valence-corrected chi connectivity index (χ0v) is 9.23. The summed E-state index contributed by atoms with van der Waals surface area (Å²) >= 11 is 0. The summed E-state index contributed by atoms with van der Waals surface area (Å²) in [5.74, 6) is 0.661. The molecule has 16 heavy (non-hydrogen) atoms. The molecular formula is C11H13N3O2. The molecule has 1 heterocycles. The Hall–Kier alpha value is -1.88. The molecule has 1 aromatic heterocycles. The van der Waals surface area contributed by atoms with Crippen LogP contribution in [0.2, 0.25) is 0 Å². The maximum Gasteiger partial charge on any atom is 0.262 e. The zero-order chi connectivity index (χ0) is 11.5. The van der Waals surface area contributed by atoms with Crippen molar-refractivity contribution in [3.63, 3.8) is 0 Å². The molecule has 2 aromatic rings. The fourth-order valence-electron chi connectivity index (χ4n) is 1.55. The first-order valence-corrected chi connectivity index (χ1v) is 4.94. The van der Waals surface area contributed by atoms with E-state index < -0.39 is 0 Å². The number of aromatic nitrogens is 2. The summed E-state index contributed by atoms with van der Waals surface area (Å²) in [5, 5.41) is 3.48. The van der Waals surface area contributed by atoms with Gasteiger partial charge in [0.05, 0.1) is 31.0 Å². The van der Waals surface area contributed by atoms with Gasteiger partial charge >= 0.3 is 0 Å². The van der Waals surface area contributed by atoms with E-state index in [0.29, 0.717) is 23.3 Å². The molecule has 0 saturated carbocycles. The molecule has 5 nitrogen and oxygen atoms in total. The summed E-state index contributed by atoms with van der Waals surface area (Å²) in [7, 11) is 3.35. The van der Waals surface area contributed by atoms with E-state index >= 15 is 0 Å². The number of nitrogens with one attached hydrogen (secondary N) is 1. The summed E-state index contributed by atoms with van der Waals surface area (Å²) < 4.78 is 6.60. The molecule has 5 heteroatoms. The monoisotopic (exact) mass is 219 g/mol. The van der Waals surface area contributed by atoms with Gasteiger partial charge in [0.2, 0.25) is 0 Å². The molecule has 0 fully saturated rings. The average Bonchev–Trinajstić information content (AvgIpc) is 2.33. The van der Waals surface area contributed by atoms with Crippen LogP contribution < -0.4 is 15.6 Å². The zero-order valence-electron chi connectivity index (χ0n) is 9.23. The summed E-state index contributed by atoms with van der Waals surface area (Å²) in [5.41, 5.74) is 0.608. The lowest BCUT2D eigenvalue weighted by atomic mass is 10.2. The van der Waals surface area contributed by atoms with E-state index in [1.807, 2.05) is 0 Å². The first-order chi connectivity index (χ1) is 7.76. The number of rotatable bonds is 3. The van der Waals surface area contributed by atoms with Crippen molar-refractivity contribution in [2.45, 2.75) is 6.67 Å². The first kappa shape index (κ1) is 10.6. The highest BCUT2D eigenvalue weighted by Gasteiger charge is 2.04. The second-order valence-corrected chi connectivity index (χ2v) is 3.41. The fourth-order valence-corrected chi connectivity index (χ4v) is 1.55. The van der Waals surface area contributed by atoms with E-state index in [4.69, 9.17) is 4.74 Å². The van der Waals surface area contributed by atoms with Crippen molar-refractivity contribution in [3.05, 3.63) is 34.9 Å². The molecule has 1 aromatic carbocycles. The second kappa shape index (κ2) is 4.32. The summed E-state index contributed by atoms with van der Waals surface area (Å²) in [6.07, 6.45) is 1.54. The van der Waals surface area contributed by atoms with Gasteiger partial charge in [-0.1, -0.05) is 0 Å². The van der Waals surface area contributed by atoms with Crippen LogP contribution in [0.4, 0.5) is 0 Å². The van der Waals surface area contributed by atoms with E-state index in [2.05, 4.69) is 10.3 Å². The van der Waals surface area contributed by atoms with Gasteiger partial charge in [0, 0.05) is 0 Å². The maximum absolute atomic E-state index is 12.0. The Balaban J connectivity index is 2.66. The Bertz CT molecular complexity index is 563. The molecule has 0 atom stereocenters. The van der Waals surface area contributed by atoms with Gasteiger partial charge < -0.3 is 10.1 Å². The van der Waals surface area contributed by atoms with Gasteiger partial charge in [0.15, 0.2) is 0 Å². The third-order valence-corrected chi connectivity index (χ3v) is 2.36. The number of hydrogen-bond donors (Lipinski definition) is 1. The topological polar surface area (TPSA) is 56.1 Å². The van der Waals surface area contributed by atoms with Crippen molar-refractivity contribution < 1.29 is 4.74 Å². The SMILES string of the molecule is CNCn1cnc2ccc(OC)cc2c1=O. The normalized spacial score (nSPS) is 10.6. The average molecular weight is 219 g/mol. The third-order valence-electron chi connectivity index (χ3n) is 2.36. The minimum Gasteiger partial charge on any atom is -0.497 e. The lowest BCUT2D eigenvalue weighted by molar-refractivity contribution is 0.415. The van der Waals surface area contributed by atoms with Gasteiger partial charge in [0.1, 0.15) is 5.75 Å². The molecule has 84 valence electrons. The van der Waals surface area contributed by atoms with Crippen LogP contribution in [-0.4, -0.2) is 23.7 Å². The van der Waals surface area contributed by atoms with Crippen LogP contribution in [0.1, 0.15) is 0 Å². The molecule has 0 bridgehead atoms. The van der Waals surface area contributed by atoms with Gasteiger partial charge in [-0.3, -0.25) is 9.36 Å². The maximum atomic E-state index is 12.0. The van der Waals surface area contributed by atoms with Crippen LogP contribution in [0.3, 0.4) is 0 Å². The van der Waals surface area contributed by atoms with Crippen LogP contribution >= 0.6 is 0 Å². The number of hydrogen-bond acceptors (Lipinski definition) is 4. The van der Waals surface area contributed by atoms with Crippen LogP contribution in [0.5, 0.6) is 5.75 Å². The molecule has 1 N–H and O–H groups in total. The van der Waals surface area contributed by atoms with Crippen LogP contribution in [0.25, 0.3) is 10.9 Å². The first-order valence-electron chi connectivity index (χ1n) is 4.94. The van der Waals surface area contributed by atoms with Crippen molar-refractivity contribution in [1.82, 2.24) is 14.9 Å². The van der Waals surface area contributed by atoms with Crippen molar-refractivity contribution in [2.24, 2.45) is 0 Å². The molecule has 0 aliphatic rings. The molecule has 0 aliphatic heterocycles. The van der Waals surface area contributed by atoms with Gasteiger partial charge in [-0.25, -0.2) is 4.98 Å². The molecule has 0 aliphatic carbocycles. The van der Waals surface area contributed by atoms with E-state index in [-0.39, 0.29) is 5.56 Å². The number of nitrogens with zero attached hydrogens (tertiary/aromatic N) is 2. The highest BCUT2D eigenvalue weighted by atomic mass is 16.5. The number of fused-ring (bicyclic) bond motifs is 1. The van der Waals surface area contributed by atoms with Gasteiger partial charge in [-0.05, 0) is 25.2 Å². The smallest absolute Gasteiger partial charge is 0.262 e. The second-order valence-electron chi connectivity index (χ2n) is 3.41. The predicted molar refractivity (Wildman–Crippen MR) is 61.6 cm³/mol. The standard InChI is InChI=1S/C11H13N3O2/c1-12-6-14-7-13-10-4-3-8(16-2)5-9(10)11(14)15/h3-5,7,12H,6H2,1-2H3. The van der Waals surface area contributed by atoms with Crippen LogP contribution in [0.15, 0.2) is 29.3 Å². The molecule has 0 radical (unpaired) electrons. The van der Waals surface area contributed by atoms with Crippen molar-refractivity contribution >= 4 is 10.9 Å². The van der Waals surface area contributed by atoms with E-state index in [1.54, 1.807) is 32.4 Å². The Labute approximate surface area is 92.7 Å². The quantitative estimate of drug-likeness (QED) is 0.820. The van der Waals surface area contributed by atoms with Gasteiger partial charge in [-0.2, -0.15) is 0 Å². The molecule has 0 amide bonds. The minimum atomic E-state index is -0.0711. The molecule has 2 rings (SSSR count). The molecule has 0 unspecified atom stereocenters. The largest absolute Gasteiger partial charge is 0.497 e. The summed E-state index contributed by atoms with van der Waals surface area (Å²) in [6.45, 7) is 0.443. The lowest BCUT2D eigenvalue weighted by Crippen LogP contribution is -2.26. The van der Waals surface area contributed by atoms with Gasteiger partial charge in [0.25, 0.3) is 5.56 Å². The molecule has 0 spiro atoms. The fraction of sp³-hybridized carbons (Fsp3) is 0.273. The minimum absolute atomic E-state index is 0.0711. The van der Waals surface area contributed by atoms with E-state index in [9.17, 15) is 4.79 Å². The van der Waals surface area contributed by atoms with E-state index in [0.717, 1.165) is 0 Å². The summed E-state index contributed by atoms with van der Waals surface area (Å²) in [4.78, 5) is 16.2. The Morgan fingerprint density at radius 3 is 3.00 bits per heavy atom. The lowest BCUT2D eigenvalue weighted by Gasteiger charge is -2.06. The van der Waals surface area contributed by atoms with E-state index in [1.165, 1.54) is 10.9 Å². The van der Waals surface area contributed by atoms with Crippen molar-refractivity contribution in [1.29, 1.82) is 0 Å². The highest BCUT2D eigenvalue weighted by molar-refractivity contribution is 5.78. The van der Waals surface area contributed by atoms with Crippen molar-refractivity contribution in [3.8, 4) is 5.75 Å². The molecular weight excluding hydrogens is 206 g/mol. The number of ether oxygens (including phenoxy) is 1.